The molecule has 0 aliphatic heterocycles. The summed E-state index contributed by atoms with van der Waals surface area (Å²) in [4.78, 5) is 14.7. The maximum Gasteiger partial charge on any atom is 0.287 e. The van der Waals surface area contributed by atoms with Crippen LogP contribution in [0.15, 0.2) is 34.7 Å². The van der Waals surface area contributed by atoms with E-state index in [0.29, 0.717) is 5.76 Å². The van der Waals surface area contributed by atoms with Crippen LogP contribution in [0.3, 0.4) is 0 Å². The molecular formula is C19H23ClN2O2. The number of aryl methyl sites for hydroxylation is 1. The van der Waals surface area contributed by atoms with Crippen LogP contribution in [-0.4, -0.2) is 23.9 Å². The van der Waals surface area contributed by atoms with Crippen molar-refractivity contribution >= 4 is 17.5 Å². The molecule has 1 aliphatic carbocycles. The van der Waals surface area contributed by atoms with Crippen LogP contribution in [0, 0.1) is 0 Å². The molecule has 1 N–H and O–H groups in total. The Balaban J connectivity index is 1.65. The number of hydrogen-bond donors (Lipinski definition) is 1. The van der Waals surface area contributed by atoms with Gasteiger partial charge >= 0.3 is 0 Å². The van der Waals surface area contributed by atoms with Crippen molar-refractivity contribution in [3.05, 3.63) is 58.0 Å². The molecule has 0 unspecified atom stereocenters. The summed E-state index contributed by atoms with van der Waals surface area (Å²) in [6.45, 7) is 6.87. The Bertz CT molecular complexity index is 722. The Morgan fingerprint density at radius 3 is 2.83 bits per heavy atom. The first-order valence-electron chi connectivity index (χ1n) is 8.51. The number of carbonyl (C=O) groups excluding carboxylic acids is 1. The molecule has 0 spiro atoms. The number of fused-ring (bicyclic) bond motifs is 1. The second-order valence-electron chi connectivity index (χ2n) is 6.14. The fourth-order valence-corrected chi connectivity index (χ4v) is 3.41. The fraction of sp³-hybridized carbons (Fsp3) is 0.421. The van der Waals surface area contributed by atoms with Crippen LogP contribution in [0.2, 0.25) is 5.02 Å². The third kappa shape index (κ3) is 3.65. The van der Waals surface area contributed by atoms with E-state index in [1.165, 1.54) is 5.56 Å². The van der Waals surface area contributed by atoms with Gasteiger partial charge < -0.3 is 9.73 Å². The van der Waals surface area contributed by atoms with E-state index >= 15 is 0 Å². The SMILES string of the molecule is CCN(CC)Cc1ccc(C(=O)N[C@H]2CCc3cc(Cl)ccc32)o1. The van der Waals surface area contributed by atoms with Crippen molar-refractivity contribution in [3.8, 4) is 0 Å². The van der Waals surface area contributed by atoms with Gasteiger partial charge in [-0.15, -0.1) is 0 Å². The zero-order valence-corrected chi connectivity index (χ0v) is 14.9. The number of benzene rings is 1. The molecule has 2 aromatic rings. The Morgan fingerprint density at radius 1 is 1.29 bits per heavy atom. The van der Waals surface area contributed by atoms with Crippen LogP contribution >= 0.6 is 11.6 Å². The van der Waals surface area contributed by atoms with Crippen LogP contribution in [-0.2, 0) is 13.0 Å². The molecule has 24 heavy (non-hydrogen) atoms. The average molecular weight is 347 g/mol. The Kier molecular flexibility index (Phi) is 5.27. The van der Waals surface area contributed by atoms with Crippen molar-refractivity contribution in [1.29, 1.82) is 0 Å². The standard InChI is InChI=1S/C19H23ClN2O2/c1-3-22(4-2)12-15-7-10-18(24-15)19(23)21-17-9-5-13-11-14(20)6-8-16(13)17/h6-8,10-11,17H,3-5,9,12H2,1-2H3,(H,21,23)/t17-/m0/s1. The maximum atomic E-state index is 12.5. The lowest BCUT2D eigenvalue weighted by Gasteiger charge is -2.16. The van der Waals surface area contributed by atoms with Gasteiger partial charge in [-0.3, -0.25) is 9.69 Å². The van der Waals surface area contributed by atoms with Crippen LogP contribution in [0.1, 0.15) is 53.8 Å². The van der Waals surface area contributed by atoms with Gasteiger partial charge in [-0.2, -0.15) is 0 Å². The number of furan rings is 1. The number of amides is 1. The van der Waals surface area contributed by atoms with Gasteiger partial charge in [-0.1, -0.05) is 31.5 Å². The Hall–Kier alpha value is -1.78. The molecule has 128 valence electrons. The number of rotatable bonds is 6. The summed E-state index contributed by atoms with van der Waals surface area (Å²) in [5, 5.41) is 3.82. The third-order valence-electron chi connectivity index (χ3n) is 4.65. The minimum atomic E-state index is -0.159. The molecule has 1 heterocycles. The molecule has 4 nitrogen and oxygen atoms in total. The van der Waals surface area contributed by atoms with Crippen molar-refractivity contribution < 1.29 is 9.21 Å². The first kappa shape index (κ1) is 17.1. The van der Waals surface area contributed by atoms with Gasteiger partial charge in [-0.05, 0) is 61.3 Å². The minimum Gasteiger partial charge on any atom is -0.455 e. The predicted molar refractivity (Wildman–Crippen MR) is 95.3 cm³/mol. The number of nitrogens with one attached hydrogen (secondary N) is 1. The first-order chi connectivity index (χ1) is 11.6. The second-order valence-corrected chi connectivity index (χ2v) is 6.57. The number of carbonyl (C=O) groups is 1. The Labute approximate surface area is 147 Å². The molecule has 0 saturated carbocycles. The molecule has 0 radical (unpaired) electrons. The van der Waals surface area contributed by atoms with E-state index in [9.17, 15) is 4.79 Å². The molecule has 5 heteroatoms. The summed E-state index contributed by atoms with van der Waals surface area (Å²) < 4.78 is 5.72. The zero-order chi connectivity index (χ0) is 17.1. The molecule has 0 fully saturated rings. The molecule has 1 atom stereocenters. The highest BCUT2D eigenvalue weighted by molar-refractivity contribution is 6.30. The van der Waals surface area contributed by atoms with Gasteiger partial charge in [-0.25, -0.2) is 0 Å². The van der Waals surface area contributed by atoms with Gasteiger partial charge in [0, 0.05) is 5.02 Å². The van der Waals surface area contributed by atoms with E-state index in [1.807, 2.05) is 24.3 Å². The van der Waals surface area contributed by atoms with Crippen molar-refractivity contribution in [2.45, 2.75) is 39.3 Å². The molecular weight excluding hydrogens is 324 g/mol. The summed E-state index contributed by atoms with van der Waals surface area (Å²) >= 11 is 6.03. The van der Waals surface area contributed by atoms with E-state index in [2.05, 4.69) is 24.1 Å². The monoisotopic (exact) mass is 346 g/mol. The highest BCUT2D eigenvalue weighted by Gasteiger charge is 2.25. The highest BCUT2D eigenvalue weighted by atomic mass is 35.5. The minimum absolute atomic E-state index is 0.0288. The molecule has 0 saturated heterocycles. The topological polar surface area (TPSA) is 45.5 Å². The first-order valence-corrected chi connectivity index (χ1v) is 8.88. The van der Waals surface area contributed by atoms with Gasteiger partial charge in [0.15, 0.2) is 5.76 Å². The van der Waals surface area contributed by atoms with Crippen LogP contribution in [0.25, 0.3) is 0 Å². The van der Waals surface area contributed by atoms with Gasteiger partial charge in [0.2, 0.25) is 0 Å². The average Bonchev–Trinajstić information content (AvgIpc) is 3.19. The lowest BCUT2D eigenvalue weighted by molar-refractivity contribution is 0.0905. The molecule has 1 aliphatic rings. The lowest BCUT2D eigenvalue weighted by Crippen LogP contribution is -2.26. The van der Waals surface area contributed by atoms with Crippen LogP contribution < -0.4 is 5.32 Å². The quantitative estimate of drug-likeness (QED) is 0.853. The molecule has 1 aromatic heterocycles. The van der Waals surface area contributed by atoms with Crippen LogP contribution in [0.5, 0.6) is 0 Å². The number of hydrogen-bond acceptors (Lipinski definition) is 3. The smallest absolute Gasteiger partial charge is 0.287 e. The third-order valence-corrected chi connectivity index (χ3v) is 4.88. The number of halogens is 1. The van der Waals surface area contributed by atoms with E-state index in [1.54, 1.807) is 6.07 Å². The van der Waals surface area contributed by atoms with Crippen molar-refractivity contribution in [3.63, 3.8) is 0 Å². The fourth-order valence-electron chi connectivity index (χ4n) is 3.22. The molecule has 1 aromatic carbocycles. The summed E-state index contributed by atoms with van der Waals surface area (Å²) in [5.41, 5.74) is 2.37. The highest BCUT2D eigenvalue weighted by Crippen LogP contribution is 2.33. The largest absolute Gasteiger partial charge is 0.455 e. The molecule has 0 bridgehead atoms. The van der Waals surface area contributed by atoms with Gasteiger partial charge in [0.1, 0.15) is 5.76 Å². The normalized spacial score (nSPS) is 16.4. The van der Waals surface area contributed by atoms with E-state index in [4.69, 9.17) is 16.0 Å². The summed E-state index contributed by atoms with van der Waals surface area (Å²) in [5.74, 6) is 1.04. The van der Waals surface area contributed by atoms with E-state index in [-0.39, 0.29) is 11.9 Å². The maximum absolute atomic E-state index is 12.5. The molecule has 3 rings (SSSR count). The van der Waals surface area contributed by atoms with Crippen molar-refractivity contribution in [2.24, 2.45) is 0 Å². The van der Waals surface area contributed by atoms with E-state index < -0.39 is 0 Å². The summed E-state index contributed by atoms with van der Waals surface area (Å²) in [6.07, 6.45) is 1.83. The van der Waals surface area contributed by atoms with Crippen LogP contribution in [0.4, 0.5) is 0 Å². The van der Waals surface area contributed by atoms with Crippen molar-refractivity contribution in [1.82, 2.24) is 10.2 Å². The van der Waals surface area contributed by atoms with Gasteiger partial charge in [0.25, 0.3) is 5.91 Å². The zero-order valence-electron chi connectivity index (χ0n) is 14.1. The second kappa shape index (κ2) is 7.41. The van der Waals surface area contributed by atoms with Crippen molar-refractivity contribution in [2.75, 3.05) is 13.1 Å². The summed E-state index contributed by atoms with van der Waals surface area (Å²) in [6, 6.07) is 9.53. The molecule has 1 amide bonds. The lowest BCUT2D eigenvalue weighted by atomic mass is 10.1. The van der Waals surface area contributed by atoms with E-state index in [0.717, 1.165) is 48.8 Å². The number of nitrogens with zero attached hydrogens (tertiary/aromatic N) is 1. The predicted octanol–water partition coefficient (Wildman–Crippen LogP) is 4.19. The van der Waals surface area contributed by atoms with Gasteiger partial charge in [0.05, 0.1) is 12.6 Å². The summed E-state index contributed by atoms with van der Waals surface area (Å²) in [7, 11) is 0. The Morgan fingerprint density at radius 2 is 2.08 bits per heavy atom.